The number of carbonyl (C=O) groups is 1. The van der Waals surface area contributed by atoms with E-state index in [0.29, 0.717) is 22.6 Å². The Bertz CT molecular complexity index is 1180. The van der Waals surface area contributed by atoms with Gasteiger partial charge in [-0.2, -0.15) is 13.2 Å². The van der Waals surface area contributed by atoms with Crippen molar-refractivity contribution in [2.75, 3.05) is 13.7 Å². The van der Waals surface area contributed by atoms with Crippen molar-refractivity contribution in [3.63, 3.8) is 0 Å². The first-order valence-electron chi connectivity index (χ1n) is 9.82. The molecule has 0 atom stereocenters. The molecule has 174 valence electrons. The summed E-state index contributed by atoms with van der Waals surface area (Å²) < 4.78 is 50.3. The fourth-order valence-corrected chi connectivity index (χ4v) is 3.48. The van der Waals surface area contributed by atoms with Crippen LogP contribution >= 0.6 is 0 Å². The van der Waals surface area contributed by atoms with E-state index in [0.717, 1.165) is 4.57 Å². The molecule has 1 heterocycles. The second-order valence-corrected chi connectivity index (χ2v) is 7.36. The van der Waals surface area contributed by atoms with Gasteiger partial charge in [-0.25, -0.2) is 0 Å². The SMILES string of the molecule is COc1ccc(-c2cc([N+](=O)[O-])ccc2OCC(=O)c2cc(C)n(CC(F)(F)F)c2C)cc1. The number of alkyl halides is 3. The van der Waals surface area contributed by atoms with Crippen LogP contribution in [-0.2, 0) is 6.54 Å². The maximum atomic E-state index is 12.8. The number of aryl methyl sites for hydroxylation is 1. The zero-order chi connectivity index (χ0) is 24.3. The molecule has 1 aromatic heterocycles. The van der Waals surface area contributed by atoms with Gasteiger partial charge in [-0.05, 0) is 43.7 Å². The maximum Gasteiger partial charge on any atom is 0.406 e. The molecule has 0 fully saturated rings. The number of nitro benzene ring substituents is 1. The second kappa shape index (κ2) is 9.35. The molecule has 0 spiro atoms. The number of halogens is 3. The van der Waals surface area contributed by atoms with Gasteiger partial charge in [0.25, 0.3) is 5.69 Å². The van der Waals surface area contributed by atoms with E-state index in [1.54, 1.807) is 24.3 Å². The summed E-state index contributed by atoms with van der Waals surface area (Å²) in [6, 6.07) is 12.1. The number of benzene rings is 2. The van der Waals surface area contributed by atoms with Crippen LogP contribution in [0.25, 0.3) is 11.1 Å². The standard InChI is InChI=1S/C23H21F3N2O5/c1-14-10-19(15(2)27(14)13-23(24,25)26)21(29)12-33-22-9-6-17(28(30)31)11-20(22)16-4-7-18(32-3)8-5-16/h4-11H,12-13H2,1-3H3. The summed E-state index contributed by atoms with van der Waals surface area (Å²) in [7, 11) is 1.51. The van der Waals surface area contributed by atoms with Crippen LogP contribution in [0, 0.1) is 24.0 Å². The van der Waals surface area contributed by atoms with E-state index < -0.39 is 30.0 Å². The van der Waals surface area contributed by atoms with Crippen LogP contribution < -0.4 is 9.47 Å². The summed E-state index contributed by atoms with van der Waals surface area (Å²) in [5.74, 6) is 0.315. The van der Waals surface area contributed by atoms with Gasteiger partial charge < -0.3 is 14.0 Å². The highest BCUT2D eigenvalue weighted by Gasteiger charge is 2.30. The summed E-state index contributed by atoms with van der Waals surface area (Å²) in [6.07, 6.45) is -4.42. The van der Waals surface area contributed by atoms with Crippen LogP contribution in [-0.4, -0.2) is 35.2 Å². The van der Waals surface area contributed by atoms with Crippen LogP contribution in [0.4, 0.5) is 18.9 Å². The predicted octanol–water partition coefficient (Wildman–Crippen LogP) is 5.51. The quantitative estimate of drug-likeness (QED) is 0.250. The maximum absolute atomic E-state index is 12.8. The van der Waals surface area contributed by atoms with Gasteiger partial charge in [0.1, 0.15) is 18.0 Å². The Kier molecular flexibility index (Phi) is 6.75. The Morgan fingerprint density at radius 2 is 1.76 bits per heavy atom. The number of ether oxygens (including phenoxy) is 2. The Hall–Kier alpha value is -3.82. The first-order chi connectivity index (χ1) is 15.5. The summed E-state index contributed by atoms with van der Waals surface area (Å²) in [5, 5.41) is 11.2. The fraction of sp³-hybridized carbons (Fsp3) is 0.261. The van der Waals surface area contributed by atoms with E-state index in [1.165, 1.54) is 45.2 Å². The minimum absolute atomic E-state index is 0.129. The average Bonchev–Trinajstić information content (AvgIpc) is 3.04. The molecule has 33 heavy (non-hydrogen) atoms. The summed E-state index contributed by atoms with van der Waals surface area (Å²) in [4.78, 5) is 23.4. The lowest BCUT2D eigenvalue weighted by molar-refractivity contribution is -0.384. The second-order valence-electron chi connectivity index (χ2n) is 7.36. The van der Waals surface area contributed by atoms with Gasteiger partial charge in [-0.3, -0.25) is 14.9 Å². The minimum atomic E-state index is -4.42. The molecule has 0 bridgehead atoms. The molecule has 7 nitrogen and oxygen atoms in total. The number of carbonyl (C=O) groups excluding carboxylic acids is 1. The zero-order valence-corrected chi connectivity index (χ0v) is 18.1. The molecule has 0 aliphatic carbocycles. The van der Waals surface area contributed by atoms with E-state index in [-0.39, 0.29) is 22.7 Å². The topological polar surface area (TPSA) is 83.6 Å². The number of rotatable bonds is 8. The van der Waals surface area contributed by atoms with Crippen LogP contribution in [0.3, 0.4) is 0 Å². The normalized spacial score (nSPS) is 11.3. The molecule has 0 N–H and O–H groups in total. The minimum Gasteiger partial charge on any atom is -0.497 e. The van der Waals surface area contributed by atoms with Crippen molar-refractivity contribution >= 4 is 11.5 Å². The molecule has 0 aliphatic rings. The van der Waals surface area contributed by atoms with Crippen molar-refractivity contribution in [2.24, 2.45) is 0 Å². The van der Waals surface area contributed by atoms with Gasteiger partial charge >= 0.3 is 6.18 Å². The average molecular weight is 462 g/mol. The molecule has 0 aliphatic heterocycles. The van der Waals surface area contributed by atoms with Gasteiger partial charge in [0.2, 0.25) is 5.78 Å². The molecule has 3 rings (SSSR count). The highest BCUT2D eigenvalue weighted by atomic mass is 19.4. The number of ketones is 1. The molecular formula is C23H21F3N2O5. The van der Waals surface area contributed by atoms with Gasteiger partial charge in [0, 0.05) is 34.6 Å². The lowest BCUT2D eigenvalue weighted by atomic mass is 10.0. The third kappa shape index (κ3) is 5.51. The Balaban J connectivity index is 1.87. The highest BCUT2D eigenvalue weighted by Crippen LogP contribution is 2.34. The van der Waals surface area contributed by atoms with E-state index in [1.807, 2.05) is 0 Å². The molecule has 2 aromatic carbocycles. The predicted molar refractivity (Wildman–Crippen MR) is 115 cm³/mol. The molecular weight excluding hydrogens is 441 g/mol. The van der Waals surface area contributed by atoms with Gasteiger partial charge in [-0.1, -0.05) is 12.1 Å². The Labute approximate surface area is 187 Å². The van der Waals surface area contributed by atoms with Crippen molar-refractivity contribution in [3.05, 3.63) is 75.6 Å². The highest BCUT2D eigenvalue weighted by molar-refractivity contribution is 5.98. The summed E-state index contributed by atoms with van der Waals surface area (Å²) in [5.41, 5.74) is 1.47. The third-order valence-electron chi connectivity index (χ3n) is 5.15. The van der Waals surface area contributed by atoms with E-state index in [4.69, 9.17) is 9.47 Å². The lowest BCUT2D eigenvalue weighted by Crippen LogP contribution is -2.20. The third-order valence-corrected chi connectivity index (χ3v) is 5.15. The first kappa shape index (κ1) is 23.8. The van der Waals surface area contributed by atoms with Crippen molar-refractivity contribution in [2.45, 2.75) is 26.6 Å². The van der Waals surface area contributed by atoms with Gasteiger partial charge in [0.15, 0.2) is 6.61 Å². The number of aromatic nitrogens is 1. The monoisotopic (exact) mass is 462 g/mol. The molecule has 0 saturated heterocycles. The van der Waals surface area contributed by atoms with Gasteiger partial charge in [0.05, 0.1) is 12.0 Å². The lowest BCUT2D eigenvalue weighted by Gasteiger charge is -2.13. The van der Waals surface area contributed by atoms with E-state index >= 15 is 0 Å². The number of hydrogen-bond donors (Lipinski definition) is 0. The van der Waals surface area contributed by atoms with Crippen molar-refractivity contribution in [1.82, 2.24) is 4.57 Å². The number of non-ortho nitro benzene ring substituents is 1. The van der Waals surface area contributed by atoms with Crippen LogP contribution in [0.1, 0.15) is 21.7 Å². The number of hydrogen-bond acceptors (Lipinski definition) is 5. The molecule has 0 unspecified atom stereocenters. The zero-order valence-electron chi connectivity index (χ0n) is 18.1. The molecule has 0 radical (unpaired) electrons. The fourth-order valence-electron chi connectivity index (χ4n) is 3.48. The molecule has 0 amide bonds. The number of nitro groups is 1. The number of methoxy groups -OCH3 is 1. The summed E-state index contributed by atoms with van der Waals surface area (Å²) >= 11 is 0. The Morgan fingerprint density at radius 3 is 2.33 bits per heavy atom. The van der Waals surface area contributed by atoms with Crippen LogP contribution in [0.15, 0.2) is 48.5 Å². The van der Waals surface area contributed by atoms with Crippen molar-refractivity contribution < 1.29 is 32.4 Å². The number of nitrogens with zero attached hydrogens (tertiary/aromatic N) is 2. The Morgan fingerprint density at radius 1 is 1.09 bits per heavy atom. The molecule has 10 heteroatoms. The van der Waals surface area contributed by atoms with Crippen molar-refractivity contribution in [1.29, 1.82) is 0 Å². The molecule has 0 saturated carbocycles. The van der Waals surface area contributed by atoms with Crippen LogP contribution in [0.5, 0.6) is 11.5 Å². The van der Waals surface area contributed by atoms with Crippen molar-refractivity contribution in [3.8, 4) is 22.6 Å². The first-order valence-corrected chi connectivity index (χ1v) is 9.82. The van der Waals surface area contributed by atoms with E-state index in [9.17, 15) is 28.1 Å². The summed E-state index contributed by atoms with van der Waals surface area (Å²) in [6.45, 7) is 1.30. The number of Topliss-reactive ketones (excluding diaryl/α,β-unsaturated/α-hetero) is 1. The van der Waals surface area contributed by atoms with Crippen LogP contribution in [0.2, 0.25) is 0 Å². The largest absolute Gasteiger partial charge is 0.497 e. The molecule has 3 aromatic rings. The smallest absolute Gasteiger partial charge is 0.406 e. The van der Waals surface area contributed by atoms with E-state index in [2.05, 4.69) is 0 Å². The van der Waals surface area contributed by atoms with Gasteiger partial charge in [-0.15, -0.1) is 0 Å².